The number of carbonyl (C=O) groups excluding carboxylic acids is 2. The normalized spacial score (nSPS) is 12.3. The summed E-state index contributed by atoms with van der Waals surface area (Å²) in [4.78, 5) is 29.2. The van der Waals surface area contributed by atoms with Crippen LogP contribution in [0.2, 0.25) is 0 Å². The molecule has 1 aliphatic rings. The number of hydrogen-bond acceptors (Lipinski definition) is 6. The van der Waals surface area contributed by atoms with Gasteiger partial charge in [0.15, 0.2) is 12.4 Å². The van der Waals surface area contributed by atoms with Crippen molar-refractivity contribution in [2.24, 2.45) is 0 Å². The fourth-order valence-corrected chi connectivity index (χ4v) is 4.73. The van der Waals surface area contributed by atoms with Gasteiger partial charge in [0.05, 0.1) is 17.8 Å². The van der Waals surface area contributed by atoms with Gasteiger partial charge in [-0.05, 0) is 36.4 Å². The highest BCUT2D eigenvalue weighted by Crippen LogP contribution is 2.47. The van der Waals surface area contributed by atoms with E-state index in [0.717, 1.165) is 26.6 Å². The smallest absolute Gasteiger partial charge is 0.308 e. The van der Waals surface area contributed by atoms with Crippen molar-refractivity contribution in [2.75, 3.05) is 18.1 Å². The predicted octanol–water partition coefficient (Wildman–Crippen LogP) is 5.85. The first-order valence-corrected chi connectivity index (χ1v) is 10.8. The Kier molecular flexibility index (Phi) is 5.22. The minimum absolute atomic E-state index is 0.167. The van der Waals surface area contributed by atoms with E-state index in [0.29, 0.717) is 12.1 Å². The average molecular weight is 429 g/mol. The standard InChI is InChI=1S/C25H19NO4S/c27-20(22-15-17-7-1-4-10-21(17)30-22)16-29-25(28)13-14-26-18-8-2-5-11-23(18)31-24-12-6-3-9-19(24)26/h1-12,15H,13-14,16H2. The number of nitrogens with zero attached hydrogens (tertiary/aromatic N) is 1. The highest BCUT2D eigenvalue weighted by atomic mass is 32.2. The Labute approximate surface area is 183 Å². The second-order valence-corrected chi connectivity index (χ2v) is 8.26. The monoisotopic (exact) mass is 429 g/mol. The second kappa shape index (κ2) is 8.32. The lowest BCUT2D eigenvalue weighted by molar-refractivity contribution is -0.142. The molecular weight excluding hydrogens is 410 g/mol. The van der Waals surface area contributed by atoms with Gasteiger partial charge in [0.25, 0.3) is 0 Å². The van der Waals surface area contributed by atoms with E-state index in [1.165, 1.54) is 0 Å². The average Bonchev–Trinajstić information content (AvgIpc) is 3.24. The van der Waals surface area contributed by atoms with Crippen LogP contribution in [0.4, 0.5) is 11.4 Å². The molecule has 0 radical (unpaired) electrons. The second-order valence-electron chi connectivity index (χ2n) is 7.17. The molecule has 0 atom stereocenters. The highest BCUT2D eigenvalue weighted by Gasteiger charge is 2.23. The van der Waals surface area contributed by atoms with Crippen LogP contribution in [0.25, 0.3) is 11.0 Å². The summed E-state index contributed by atoms with van der Waals surface area (Å²) in [6, 6.07) is 25.3. The van der Waals surface area contributed by atoms with Gasteiger partial charge in [0, 0.05) is 21.7 Å². The van der Waals surface area contributed by atoms with Gasteiger partial charge in [0.1, 0.15) is 5.58 Å². The molecule has 0 saturated carbocycles. The molecule has 5 rings (SSSR count). The molecule has 0 N–H and O–H groups in total. The van der Waals surface area contributed by atoms with Crippen LogP contribution in [0.3, 0.4) is 0 Å². The number of furan rings is 1. The lowest BCUT2D eigenvalue weighted by Gasteiger charge is -2.32. The largest absolute Gasteiger partial charge is 0.457 e. The first kappa shape index (κ1) is 19.5. The van der Waals surface area contributed by atoms with E-state index < -0.39 is 5.97 Å². The Morgan fingerprint density at radius 1 is 0.871 bits per heavy atom. The van der Waals surface area contributed by atoms with Gasteiger partial charge in [-0.3, -0.25) is 9.59 Å². The molecule has 6 heteroatoms. The van der Waals surface area contributed by atoms with Crippen molar-refractivity contribution in [3.8, 4) is 0 Å². The Hall–Kier alpha value is -3.51. The van der Waals surface area contributed by atoms with Crippen molar-refractivity contribution in [2.45, 2.75) is 16.2 Å². The SMILES string of the molecule is O=C(CCN1c2ccccc2Sc2ccccc21)OCC(=O)c1cc2ccccc2o1. The third-order valence-corrected chi connectivity index (χ3v) is 6.27. The van der Waals surface area contributed by atoms with Crippen LogP contribution in [0, 0.1) is 0 Å². The summed E-state index contributed by atoms with van der Waals surface area (Å²) in [5.74, 6) is -0.572. The van der Waals surface area contributed by atoms with Crippen LogP contribution >= 0.6 is 11.8 Å². The van der Waals surface area contributed by atoms with E-state index in [1.807, 2.05) is 42.5 Å². The van der Waals surface area contributed by atoms with Gasteiger partial charge < -0.3 is 14.1 Å². The van der Waals surface area contributed by atoms with Gasteiger partial charge in [-0.25, -0.2) is 0 Å². The van der Waals surface area contributed by atoms with Crippen LogP contribution in [0.15, 0.2) is 93.1 Å². The molecule has 1 aliphatic heterocycles. The molecule has 154 valence electrons. The molecule has 0 unspecified atom stereocenters. The van der Waals surface area contributed by atoms with Gasteiger partial charge >= 0.3 is 5.97 Å². The van der Waals surface area contributed by atoms with Crippen molar-refractivity contribution in [3.63, 3.8) is 0 Å². The van der Waals surface area contributed by atoms with Crippen LogP contribution < -0.4 is 4.90 Å². The van der Waals surface area contributed by atoms with Gasteiger partial charge in [-0.1, -0.05) is 54.2 Å². The molecule has 5 nitrogen and oxygen atoms in total. The quantitative estimate of drug-likeness (QED) is 0.283. The summed E-state index contributed by atoms with van der Waals surface area (Å²) in [5, 5.41) is 0.845. The number of ether oxygens (including phenoxy) is 1. The third kappa shape index (κ3) is 3.94. The molecule has 0 fully saturated rings. The van der Waals surface area contributed by atoms with Crippen molar-refractivity contribution in [3.05, 3.63) is 84.6 Å². The maximum absolute atomic E-state index is 12.4. The van der Waals surface area contributed by atoms with Gasteiger partial charge in [-0.15, -0.1) is 0 Å². The minimum Gasteiger partial charge on any atom is -0.457 e. The zero-order valence-corrected chi connectivity index (χ0v) is 17.4. The molecule has 2 heterocycles. The van der Waals surface area contributed by atoms with E-state index in [1.54, 1.807) is 23.9 Å². The Morgan fingerprint density at radius 3 is 2.23 bits per heavy atom. The number of benzene rings is 3. The summed E-state index contributed by atoms with van der Waals surface area (Å²) in [5.41, 5.74) is 2.77. The number of rotatable bonds is 6. The summed E-state index contributed by atoms with van der Waals surface area (Å²) in [6.07, 6.45) is 0.167. The van der Waals surface area contributed by atoms with E-state index in [-0.39, 0.29) is 24.6 Å². The fourth-order valence-electron chi connectivity index (χ4n) is 3.63. The molecule has 3 aromatic carbocycles. The number of hydrogen-bond donors (Lipinski definition) is 0. The Bertz CT molecular complexity index is 1200. The van der Waals surface area contributed by atoms with Crippen molar-refractivity contribution in [1.82, 2.24) is 0 Å². The van der Waals surface area contributed by atoms with E-state index in [9.17, 15) is 9.59 Å². The maximum Gasteiger partial charge on any atom is 0.308 e. The first-order chi connectivity index (χ1) is 15.2. The minimum atomic E-state index is -0.419. The molecule has 0 bridgehead atoms. The number of Topliss-reactive ketones (excluding diaryl/α,β-unsaturated/α-hetero) is 1. The number of fused-ring (bicyclic) bond motifs is 3. The number of carbonyl (C=O) groups is 2. The topological polar surface area (TPSA) is 59.8 Å². The van der Waals surface area contributed by atoms with Crippen LogP contribution in [-0.2, 0) is 9.53 Å². The van der Waals surface area contributed by atoms with E-state index in [4.69, 9.17) is 9.15 Å². The van der Waals surface area contributed by atoms with Crippen molar-refractivity contribution >= 4 is 45.9 Å². The molecule has 0 spiro atoms. The zero-order chi connectivity index (χ0) is 21.2. The maximum atomic E-state index is 12.4. The molecule has 1 aromatic heterocycles. The summed E-state index contributed by atoms with van der Waals surface area (Å²) in [6.45, 7) is 0.133. The number of para-hydroxylation sites is 3. The van der Waals surface area contributed by atoms with Crippen molar-refractivity contribution in [1.29, 1.82) is 0 Å². The first-order valence-electron chi connectivity index (χ1n) is 10.00. The lowest BCUT2D eigenvalue weighted by Crippen LogP contribution is -2.25. The van der Waals surface area contributed by atoms with Gasteiger partial charge in [0.2, 0.25) is 5.78 Å². The zero-order valence-electron chi connectivity index (χ0n) is 16.6. The Morgan fingerprint density at radius 2 is 1.52 bits per heavy atom. The van der Waals surface area contributed by atoms with Crippen molar-refractivity contribution < 1.29 is 18.7 Å². The van der Waals surface area contributed by atoms with Gasteiger partial charge in [-0.2, -0.15) is 0 Å². The molecular formula is C25H19NO4S. The Balaban J connectivity index is 1.23. The number of ketones is 1. The van der Waals surface area contributed by atoms with Crippen LogP contribution in [0.5, 0.6) is 0 Å². The molecule has 31 heavy (non-hydrogen) atoms. The summed E-state index contributed by atoms with van der Waals surface area (Å²) >= 11 is 1.72. The summed E-state index contributed by atoms with van der Waals surface area (Å²) in [7, 11) is 0. The third-order valence-electron chi connectivity index (χ3n) is 5.14. The molecule has 4 aromatic rings. The summed E-state index contributed by atoms with van der Waals surface area (Å²) < 4.78 is 10.8. The van der Waals surface area contributed by atoms with E-state index >= 15 is 0 Å². The van der Waals surface area contributed by atoms with Crippen LogP contribution in [-0.4, -0.2) is 24.9 Å². The van der Waals surface area contributed by atoms with Crippen LogP contribution in [0.1, 0.15) is 17.0 Å². The molecule has 0 saturated heterocycles. The molecule has 0 amide bonds. The number of esters is 1. The highest BCUT2D eigenvalue weighted by molar-refractivity contribution is 7.99. The fraction of sp³-hybridized carbons (Fsp3) is 0.120. The lowest BCUT2D eigenvalue weighted by atomic mass is 10.2. The number of anilines is 2. The predicted molar refractivity (Wildman–Crippen MR) is 120 cm³/mol. The molecule has 0 aliphatic carbocycles. The van der Waals surface area contributed by atoms with E-state index in [2.05, 4.69) is 29.2 Å².